The van der Waals surface area contributed by atoms with Gasteiger partial charge in [0.1, 0.15) is 0 Å². The second-order valence-corrected chi connectivity index (χ2v) is 4.78. The summed E-state index contributed by atoms with van der Waals surface area (Å²) in [5.41, 5.74) is 5.92. The van der Waals surface area contributed by atoms with Gasteiger partial charge in [0.25, 0.3) is 0 Å². The van der Waals surface area contributed by atoms with E-state index in [4.69, 9.17) is 0 Å². The van der Waals surface area contributed by atoms with Gasteiger partial charge in [0.15, 0.2) is 0 Å². The van der Waals surface area contributed by atoms with Crippen molar-refractivity contribution in [1.82, 2.24) is 9.78 Å². The van der Waals surface area contributed by atoms with E-state index in [1.807, 2.05) is 23.0 Å². The largest absolute Gasteiger partial charge is 0.233 e. The van der Waals surface area contributed by atoms with Gasteiger partial charge in [0.2, 0.25) is 0 Å². The van der Waals surface area contributed by atoms with Crippen LogP contribution in [0.5, 0.6) is 0 Å². The van der Waals surface area contributed by atoms with Crippen LogP contribution in [0, 0.1) is 13.8 Å². The van der Waals surface area contributed by atoms with E-state index in [2.05, 4.69) is 61.4 Å². The van der Waals surface area contributed by atoms with Crippen molar-refractivity contribution in [1.29, 1.82) is 0 Å². The van der Waals surface area contributed by atoms with Crippen LogP contribution in [0.3, 0.4) is 0 Å². The van der Waals surface area contributed by atoms with Crippen molar-refractivity contribution in [3.05, 3.63) is 71.9 Å². The predicted octanol–water partition coefficient (Wildman–Crippen LogP) is 4.16. The summed E-state index contributed by atoms with van der Waals surface area (Å²) in [5.74, 6) is 0. The molecule has 0 radical (unpaired) electrons. The zero-order valence-electron chi connectivity index (χ0n) is 11.2. The third-order valence-corrected chi connectivity index (χ3v) is 3.33. The van der Waals surface area contributed by atoms with Crippen LogP contribution < -0.4 is 0 Å². The summed E-state index contributed by atoms with van der Waals surface area (Å²) in [4.78, 5) is 0. The number of hydrogen-bond donors (Lipinski definition) is 0. The van der Waals surface area contributed by atoms with E-state index in [9.17, 15) is 0 Å². The zero-order chi connectivity index (χ0) is 13.2. The summed E-state index contributed by atoms with van der Waals surface area (Å²) in [7, 11) is 0. The van der Waals surface area contributed by atoms with E-state index < -0.39 is 0 Å². The fourth-order valence-electron chi connectivity index (χ4n) is 2.24. The molecule has 94 valence electrons. The van der Waals surface area contributed by atoms with Crippen LogP contribution in [0.4, 0.5) is 0 Å². The monoisotopic (exact) mass is 248 g/mol. The first-order chi connectivity index (χ1) is 9.25. The number of rotatable bonds is 2. The number of aryl methyl sites for hydroxylation is 2. The molecular weight excluding hydrogens is 232 g/mol. The smallest absolute Gasteiger partial charge is 0.0741 e. The van der Waals surface area contributed by atoms with Crippen molar-refractivity contribution in [3.8, 4) is 16.9 Å². The highest BCUT2D eigenvalue weighted by atomic mass is 15.3. The molecule has 2 nitrogen and oxygen atoms in total. The Kier molecular flexibility index (Phi) is 2.92. The van der Waals surface area contributed by atoms with Gasteiger partial charge in [-0.3, -0.25) is 0 Å². The van der Waals surface area contributed by atoms with Crippen molar-refractivity contribution in [2.45, 2.75) is 13.8 Å². The molecule has 0 fully saturated rings. The Labute approximate surface area is 113 Å². The minimum Gasteiger partial charge on any atom is -0.233 e. The number of benzene rings is 2. The fourth-order valence-corrected chi connectivity index (χ4v) is 2.24. The van der Waals surface area contributed by atoms with Crippen LogP contribution in [0.2, 0.25) is 0 Å². The topological polar surface area (TPSA) is 17.8 Å². The SMILES string of the molecule is Cc1ccc(-c2ccnn2-c2ccccc2C)cc1. The molecule has 1 aromatic heterocycles. The Hall–Kier alpha value is -2.35. The molecule has 0 bridgehead atoms. The Balaban J connectivity index is 2.13. The van der Waals surface area contributed by atoms with Crippen LogP contribution in [0.1, 0.15) is 11.1 Å². The molecule has 1 heterocycles. The summed E-state index contributed by atoms with van der Waals surface area (Å²) >= 11 is 0. The van der Waals surface area contributed by atoms with Crippen molar-refractivity contribution < 1.29 is 0 Å². The molecule has 0 spiro atoms. The number of hydrogen-bond acceptors (Lipinski definition) is 1. The maximum Gasteiger partial charge on any atom is 0.0741 e. The molecule has 19 heavy (non-hydrogen) atoms. The first kappa shape index (κ1) is 11.7. The normalized spacial score (nSPS) is 10.6. The van der Waals surface area contributed by atoms with Crippen LogP contribution in [-0.4, -0.2) is 9.78 Å². The predicted molar refractivity (Wildman–Crippen MR) is 78.5 cm³/mol. The van der Waals surface area contributed by atoms with Gasteiger partial charge < -0.3 is 0 Å². The molecule has 0 N–H and O–H groups in total. The van der Waals surface area contributed by atoms with Gasteiger partial charge >= 0.3 is 0 Å². The lowest BCUT2D eigenvalue weighted by Gasteiger charge is -2.10. The molecule has 0 amide bonds. The Morgan fingerprint density at radius 2 is 1.58 bits per heavy atom. The highest BCUT2D eigenvalue weighted by Crippen LogP contribution is 2.24. The molecule has 0 aliphatic heterocycles. The molecule has 3 aromatic rings. The Morgan fingerprint density at radius 3 is 2.32 bits per heavy atom. The quantitative estimate of drug-likeness (QED) is 0.666. The van der Waals surface area contributed by atoms with Crippen molar-refractivity contribution >= 4 is 0 Å². The van der Waals surface area contributed by atoms with Crippen LogP contribution in [0.15, 0.2) is 60.8 Å². The van der Waals surface area contributed by atoms with Gasteiger partial charge in [-0.15, -0.1) is 0 Å². The molecular formula is C17H16N2. The van der Waals surface area contributed by atoms with Crippen molar-refractivity contribution in [3.63, 3.8) is 0 Å². The van der Waals surface area contributed by atoms with Crippen molar-refractivity contribution in [2.24, 2.45) is 0 Å². The second kappa shape index (κ2) is 4.73. The minimum atomic E-state index is 1.12. The molecule has 0 saturated carbocycles. The van der Waals surface area contributed by atoms with E-state index in [0.29, 0.717) is 0 Å². The van der Waals surface area contributed by atoms with E-state index in [-0.39, 0.29) is 0 Å². The van der Waals surface area contributed by atoms with Gasteiger partial charge in [-0.25, -0.2) is 4.68 Å². The Morgan fingerprint density at radius 1 is 0.842 bits per heavy atom. The van der Waals surface area contributed by atoms with Crippen LogP contribution >= 0.6 is 0 Å². The summed E-state index contributed by atoms with van der Waals surface area (Å²) in [5, 5.41) is 4.46. The van der Waals surface area contributed by atoms with Crippen LogP contribution in [-0.2, 0) is 0 Å². The molecule has 0 atom stereocenters. The number of nitrogens with zero attached hydrogens (tertiary/aromatic N) is 2. The van der Waals surface area contributed by atoms with Gasteiger partial charge in [0, 0.05) is 5.56 Å². The summed E-state index contributed by atoms with van der Waals surface area (Å²) in [6.45, 7) is 4.21. The average Bonchev–Trinajstić information content (AvgIpc) is 2.89. The van der Waals surface area contributed by atoms with E-state index >= 15 is 0 Å². The highest BCUT2D eigenvalue weighted by molar-refractivity contribution is 5.62. The molecule has 3 rings (SSSR count). The lowest BCUT2D eigenvalue weighted by Crippen LogP contribution is -2.00. The van der Waals surface area contributed by atoms with Crippen LogP contribution in [0.25, 0.3) is 16.9 Å². The third-order valence-electron chi connectivity index (χ3n) is 3.33. The first-order valence-corrected chi connectivity index (χ1v) is 6.43. The molecule has 0 unspecified atom stereocenters. The highest BCUT2D eigenvalue weighted by Gasteiger charge is 2.08. The summed E-state index contributed by atoms with van der Waals surface area (Å²) in [6.07, 6.45) is 1.85. The standard InChI is InChI=1S/C17H16N2/c1-13-7-9-15(10-8-13)17-11-12-18-19(17)16-6-4-3-5-14(16)2/h3-12H,1-2H3. The Bertz CT molecular complexity index is 693. The fraction of sp³-hybridized carbons (Fsp3) is 0.118. The number of para-hydroxylation sites is 1. The lowest BCUT2D eigenvalue weighted by atomic mass is 10.1. The molecule has 0 aliphatic rings. The van der Waals surface area contributed by atoms with Gasteiger partial charge in [0.05, 0.1) is 17.6 Å². The number of aromatic nitrogens is 2. The molecule has 2 heteroatoms. The maximum absolute atomic E-state index is 4.46. The van der Waals surface area contributed by atoms with Gasteiger partial charge in [-0.05, 0) is 31.5 Å². The molecule has 0 saturated heterocycles. The lowest BCUT2D eigenvalue weighted by molar-refractivity contribution is 0.880. The maximum atomic E-state index is 4.46. The summed E-state index contributed by atoms with van der Waals surface area (Å²) < 4.78 is 2.00. The average molecular weight is 248 g/mol. The van der Waals surface area contributed by atoms with Gasteiger partial charge in [-0.2, -0.15) is 5.10 Å². The first-order valence-electron chi connectivity index (χ1n) is 6.43. The minimum absolute atomic E-state index is 1.12. The molecule has 2 aromatic carbocycles. The third kappa shape index (κ3) is 2.17. The van der Waals surface area contributed by atoms with E-state index in [0.717, 1.165) is 11.4 Å². The van der Waals surface area contributed by atoms with E-state index in [1.165, 1.54) is 16.7 Å². The molecule has 0 aliphatic carbocycles. The van der Waals surface area contributed by atoms with E-state index in [1.54, 1.807) is 0 Å². The zero-order valence-corrected chi connectivity index (χ0v) is 11.2. The van der Waals surface area contributed by atoms with Gasteiger partial charge in [-0.1, -0.05) is 48.0 Å². The summed E-state index contributed by atoms with van der Waals surface area (Å²) in [6, 6.07) is 18.9. The second-order valence-electron chi connectivity index (χ2n) is 4.78. The van der Waals surface area contributed by atoms with Crippen molar-refractivity contribution in [2.75, 3.05) is 0 Å².